The van der Waals surface area contributed by atoms with Crippen LogP contribution in [0.5, 0.6) is 0 Å². The Balaban J connectivity index is 1.75. The first-order valence-corrected chi connectivity index (χ1v) is 9.15. The second kappa shape index (κ2) is 5.60. The number of hydrogen-bond donors (Lipinski definition) is 1. The first-order chi connectivity index (χ1) is 9.93. The first-order valence-electron chi connectivity index (χ1n) is 6.07. The minimum atomic E-state index is -3.19. The molecule has 112 valence electrons. The third kappa shape index (κ3) is 3.39. The zero-order chi connectivity index (χ0) is 15.0. The zero-order valence-electron chi connectivity index (χ0n) is 10.6. The van der Waals surface area contributed by atoms with Gasteiger partial charge >= 0.3 is 0 Å². The molecule has 3 rings (SSSR count). The van der Waals surface area contributed by atoms with Crippen molar-refractivity contribution in [1.82, 2.24) is 10.2 Å². The number of nitrogens with zero attached hydrogens (tertiary/aromatic N) is 2. The molecule has 1 fully saturated rings. The van der Waals surface area contributed by atoms with Gasteiger partial charge in [-0.1, -0.05) is 23.4 Å². The van der Waals surface area contributed by atoms with Crippen molar-refractivity contribution in [3.63, 3.8) is 0 Å². The molecule has 0 amide bonds. The summed E-state index contributed by atoms with van der Waals surface area (Å²) in [6.07, 6.45) is -0.911. The van der Waals surface area contributed by atoms with Gasteiger partial charge in [-0.05, 0) is 24.3 Å². The van der Waals surface area contributed by atoms with E-state index in [2.05, 4.69) is 10.2 Å². The van der Waals surface area contributed by atoms with Crippen LogP contribution in [-0.2, 0) is 9.84 Å². The van der Waals surface area contributed by atoms with E-state index < -0.39 is 21.2 Å². The van der Waals surface area contributed by atoms with Gasteiger partial charge in [0.05, 0.1) is 22.9 Å². The van der Waals surface area contributed by atoms with Gasteiger partial charge in [0.2, 0.25) is 5.89 Å². The second-order valence-corrected chi connectivity index (χ2v) is 8.46. The Morgan fingerprint density at radius 2 is 1.95 bits per heavy atom. The molecule has 0 radical (unpaired) electrons. The lowest BCUT2D eigenvalue weighted by Gasteiger charge is -2.07. The first kappa shape index (κ1) is 14.8. The molecule has 21 heavy (non-hydrogen) atoms. The number of sulfone groups is 1. The second-order valence-electron chi connectivity index (χ2n) is 4.68. The lowest BCUT2D eigenvalue weighted by Crippen LogP contribution is -2.19. The Bertz CT molecular complexity index is 745. The van der Waals surface area contributed by atoms with E-state index in [0.29, 0.717) is 10.9 Å². The fraction of sp³-hybridized carbons (Fsp3) is 0.333. The van der Waals surface area contributed by atoms with Gasteiger partial charge in [-0.15, -0.1) is 10.2 Å². The molecule has 6 nitrogen and oxygen atoms in total. The summed E-state index contributed by atoms with van der Waals surface area (Å²) in [6, 6.07) is 6.92. The highest BCUT2D eigenvalue weighted by molar-refractivity contribution is 8.01. The molecule has 2 heterocycles. The fourth-order valence-electron chi connectivity index (χ4n) is 2.01. The van der Waals surface area contributed by atoms with Gasteiger partial charge in [-0.25, -0.2) is 8.42 Å². The van der Waals surface area contributed by atoms with E-state index in [4.69, 9.17) is 16.0 Å². The quantitative estimate of drug-likeness (QED) is 0.902. The van der Waals surface area contributed by atoms with Gasteiger partial charge in [0, 0.05) is 10.6 Å². The van der Waals surface area contributed by atoms with Crippen LogP contribution in [0.15, 0.2) is 33.9 Å². The van der Waals surface area contributed by atoms with Crippen LogP contribution < -0.4 is 0 Å². The Hall–Kier alpha value is -1.09. The molecule has 0 unspecified atom stereocenters. The maximum absolute atomic E-state index is 11.4. The lowest BCUT2D eigenvalue weighted by molar-refractivity contribution is 0.207. The average Bonchev–Trinajstić information content (AvgIpc) is 2.96. The molecular formula is C12H11ClN2O4S2. The van der Waals surface area contributed by atoms with Crippen molar-refractivity contribution in [2.24, 2.45) is 0 Å². The molecule has 9 heteroatoms. The number of aliphatic hydroxyl groups excluding tert-OH is 1. The van der Waals surface area contributed by atoms with Crippen LogP contribution in [0, 0.1) is 0 Å². The summed E-state index contributed by atoms with van der Waals surface area (Å²) < 4.78 is 28.4. The van der Waals surface area contributed by atoms with E-state index in [-0.39, 0.29) is 16.7 Å². The minimum Gasteiger partial charge on any atom is -0.411 e. The van der Waals surface area contributed by atoms with Gasteiger partial charge in [0.15, 0.2) is 9.84 Å². The maximum atomic E-state index is 11.4. The van der Waals surface area contributed by atoms with Crippen molar-refractivity contribution in [2.45, 2.75) is 16.6 Å². The number of benzene rings is 1. The summed E-state index contributed by atoms with van der Waals surface area (Å²) in [4.78, 5) is 0. The smallest absolute Gasteiger partial charge is 0.277 e. The summed E-state index contributed by atoms with van der Waals surface area (Å²) in [5.74, 6) is 0.0184. The van der Waals surface area contributed by atoms with E-state index >= 15 is 0 Å². The van der Waals surface area contributed by atoms with Gasteiger partial charge in [-0.3, -0.25) is 0 Å². The minimum absolute atomic E-state index is 0.0858. The van der Waals surface area contributed by atoms with Crippen molar-refractivity contribution in [3.8, 4) is 11.5 Å². The number of thioether (sulfide) groups is 1. The third-order valence-corrected chi connectivity index (χ3v) is 6.35. The Kier molecular flexibility index (Phi) is 3.96. The van der Waals surface area contributed by atoms with Gasteiger partial charge in [0.25, 0.3) is 5.22 Å². The molecule has 1 aliphatic rings. The summed E-state index contributed by atoms with van der Waals surface area (Å²) >= 11 is 6.89. The van der Waals surface area contributed by atoms with Gasteiger partial charge < -0.3 is 9.52 Å². The Labute approximate surface area is 130 Å². The van der Waals surface area contributed by atoms with Gasteiger partial charge in [-0.2, -0.15) is 0 Å². The average molecular weight is 347 g/mol. The number of rotatable bonds is 3. The van der Waals surface area contributed by atoms with Gasteiger partial charge in [0.1, 0.15) is 0 Å². The van der Waals surface area contributed by atoms with Crippen LogP contribution in [0.2, 0.25) is 5.02 Å². The van der Waals surface area contributed by atoms with Crippen molar-refractivity contribution in [2.75, 3.05) is 11.5 Å². The molecule has 0 spiro atoms. The summed E-state index contributed by atoms with van der Waals surface area (Å²) in [7, 11) is -3.19. The van der Waals surface area contributed by atoms with Crippen LogP contribution in [-0.4, -0.2) is 46.6 Å². The van der Waals surface area contributed by atoms with Crippen LogP contribution in [0.25, 0.3) is 11.5 Å². The van der Waals surface area contributed by atoms with E-state index in [1.807, 2.05) is 0 Å². The largest absolute Gasteiger partial charge is 0.411 e. The molecule has 0 aliphatic carbocycles. The summed E-state index contributed by atoms with van der Waals surface area (Å²) in [5.41, 5.74) is 0.721. The van der Waals surface area contributed by atoms with Crippen molar-refractivity contribution >= 4 is 33.2 Å². The van der Waals surface area contributed by atoms with Crippen molar-refractivity contribution < 1.29 is 17.9 Å². The highest BCUT2D eigenvalue weighted by atomic mass is 35.5. The SMILES string of the molecule is O=S1(=O)C[C@H](O)[C@H](Sc2nnc(-c3ccc(Cl)cc3)o2)C1. The number of aromatic nitrogens is 2. The number of aliphatic hydroxyl groups is 1. The third-order valence-electron chi connectivity index (χ3n) is 3.02. The number of halogens is 1. The van der Waals surface area contributed by atoms with Crippen LogP contribution in [0.4, 0.5) is 0 Å². The lowest BCUT2D eigenvalue weighted by atomic mass is 10.2. The van der Waals surface area contributed by atoms with Crippen molar-refractivity contribution in [1.29, 1.82) is 0 Å². The normalized spacial score (nSPS) is 24.3. The molecule has 1 N–H and O–H groups in total. The summed E-state index contributed by atoms with van der Waals surface area (Å²) in [6.45, 7) is 0. The topological polar surface area (TPSA) is 93.3 Å². The predicted octanol–water partition coefficient (Wildman–Crippen LogP) is 1.64. The molecular weight excluding hydrogens is 336 g/mol. The van der Waals surface area contributed by atoms with Crippen LogP contribution >= 0.6 is 23.4 Å². The molecule has 2 atom stereocenters. The molecule has 1 aromatic heterocycles. The molecule has 1 aliphatic heterocycles. The van der Waals surface area contributed by atoms with E-state index in [0.717, 1.165) is 17.3 Å². The number of hydrogen-bond acceptors (Lipinski definition) is 7. The zero-order valence-corrected chi connectivity index (χ0v) is 13.0. The van der Waals surface area contributed by atoms with Crippen molar-refractivity contribution in [3.05, 3.63) is 29.3 Å². The molecule has 2 aromatic rings. The molecule has 1 aromatic carbocycles. The van der Waals surface area contributed by atoms with E-state index in [9.17, 15) is 13.5 Å². The van der Waals surface area contributed by atoms with E-state index in [1.165, 1.54) is 0 Å². The summed E-state index contributed by atoms with van der Waals surface area (Å²) in [5, 5.41) is 17.9. The monoisotopic (exact) mass is 346 g/mol. The van der Waals surface area contributed by atoms with Crippen LogP contribution in [0.1, 0.15) is 0 Å². The predicted molar refractivity (Wildman–Crippen MR) is 79.0 cm³/mol. The highest BCUT2D eigenvalue weighted by Crippen LogP contribution is 2.32. The fourth-order valence-corrected chi connectivity index (χ4v) is 5.49. The standard InChI is InChI=1S/C12H11ClN2O4S2/c13-8-3-1-7(2-4-8)11-14-15-12(19-11)20-10-6-21(17,18)5-9(10)16/h1-4,9-10,16H,5-6H2/t9-,10+/m0/s1. The highest BCUT2D eigenvalue weighted by Gasteiger charge is 2.38. The Morgan fingerprint density at radius 3 is 2.57 bits per heavy atom. The molecule has 0 saturated carbocycles. The van der Waals surface area contributed by atoms with E-state index in [1.54, 1.807) is 24.3 Å². The Morgan fingerprint density at radius 1 is 1.24 bits per heavy atom. The maximum Gasteiger partial charge on any atom is 0.277 e. The molecule has 1 saturated heterocycles. The molecule has 0 bridgehead atoms. The van der Waals surface area contributed by atoms with Crippen LogP contribution in [0.3, 0.4) is 0 Å².